The summed E-state index contributed by atoms with van der Waals surface area (Å²) < 4.78 is 0. The fraction of sp³-hybridized carbons (Fsp3) is 0.562. The molecule has 1 aromatic carbocycles. The van der Waals surface area contributed by atoms with Gasteiger partial charge >= 0.3 is 5.97 Å². The lowest BCUT2D eigenvalue weighted by Gasteiger charge is -2.34. The van der Waals surface area contributed by atoms with Crippen LogP contribution in [0.4, 0.5) is 0 Å². The highest BCUT2D eigenvalue weighted by Gasteiger charge is 2.52. The first-order chi connectivity index (χ1) is 10.8. The second kappa shape index (κ2) is 6.20. The predicted octanol–water partition coefficient (Wildman–Crippen LogP) is 2.33. The van der Waals surface area contributed by atoms with Crippen LogP contribution >= 0.6 is 23.5 Å². The van der Waals surface area contributed by atoms with Gasteiger partial charge in [0.2, 0.25) is 0 Å². The molecule has 1 unspecified atom stereocenters. The van der Waals surface area contributed by atoms with E-state index in [1.165, 1.54) is 0 Å². The summed E-state index contributed by atoms with van der Waals surface area (Å²) in [6.07, 6.45) is 0. The van der Waals surface area contributed by atoms with Gasteiger partial charge in [0.05, 0.1) is 10.7 Å². The van der Waals surface area contributed by atoms with E-state index < -0.39 is 11.5 Å². The van der Waals surface area contributed by atoms with E-state index in [0.29, 0.717) is 16.8 Å². The van der Waals surface area contributed by atoms with Crippen molar-refractivity contribution in [1.82, 2.24) is 10.2 Å². The third-order valence-electron chi connectivity index (χ3n) is 4.88. The summed E-state index contributed by atoms with van der Waals surface area (Å²) >= 11 is 3.47. The van der Waals surface area contributed by atoms with Crippen LogP contribution in [0.2, 0.25) is 0 Å². The standard InChI is InChI=1S/C16H22N2O3S2/c1-9-12(14-18(3)16(2,8-22-14)15(20)21)17-13(23-9)10-6-4-5-7-11(10)19/h4-7,9,12-14,17,19H,8H2,1-3H3,(H,20,21)/t9-,12-,13?,14-,16-/m0/s1. The van der Waals surface area contributed by atoms with Gasteiger partial charge in [0.15, 0.2) is 0 Å². The Morgan fingerprint density at radius 1 is 1.43 bits per heavy atom. The van der Waals surface area contributed by atoms with Gasteiger partial charge in [0, 0.05) is 22.6 Å². The first-order valence-corrected chi connectivity index (χ1v) is 9.61. The van der Waals surface area contributed by atoms with Crippen LogP contribution in [0.5, 0.6) is 5.75 Å². The SMILES string of the molecule is C[C@@H]1SC(c2ccccc2O)N[C@@H]1[C@@H]1SC[C@@](C)(C(=O)O)N1C. The number of nitrogens with one attached hydrogen (secondary N) is 1. The molecule has 5 nitrogen and oxygen atoms in total. The molecule has 2 fully saturated rings. The molecule has 2 saturated heterocycles. The first kappa shape index (κ1) is 17.0. The Morgan fingerprint density at radius 2 is 2.13 bits per heavy atom. The smallest absolute Gasteiger partial charge is 0.324 e. The lowest BCUT2D eigenvalue weighted by Crippen LogP contribution is -2.55. The minimum atomic E-state index is -0.825. The average molecular weight is 354 g/mol. The Morgan fingerprint density at radius 3 is 2.74 bits per heavy atom. The summed E-state index contributed by atoms with van der Waals surface area (Å²) in [6.45, 7) is 3.95. The molecule has 3 N–H and O–H groups in total. The zero-order valence-corrected chi connectivity index (χ0v) is 15.0. The Bertz CT molecular complexity index is 615. The summed E-state index contributed by atoms with van der Waals surface area (Å²) in [5.41, 5.74) is 0.0625. The van der Waals surface area contributed by atoms with Crippen molar-refractivity contribution in [2.24, 2.45) is 0 Å². The Balaban J connectivity index is 1.78. The van der Waals surface area contributed by atoms with E-state index >= 15 is 0 Å². The number of aliphatic carboxylic acids is 1. The summed E-state index contributed by atoms with van der Waals surface area (Å²) in [5, 5.41) is 23.7. The molecular weight excluding hydrogens is 332 g/mol. The zero-order valence-electron chi connectivity index (χ0n) is 13.4. The van der Waals surface area contributed by atoms with Crippen molar-refractivity contribution in [3.63, 3.8) is 0 Å². The van der Waals surface area contributed by atoms with Crippen molar-refractivity contribution in [2.75, 3.05) is 12.8 Å². The molecule has 2 aliphatic heterocycles. The summed E-state index contributed by atoms with van der Waals surface area (Å²) in [6, 6.07) is 7.54. The molecule has 0 saturated carbocycles. The highest BCUT2D eigenvalue weighted by molar-refractivity contribution is 8.01. The number of nitrogens with zero attached hydrogens (tertiary/aromatic N) is 1. The van der Waals surface area contributed by atoms with E-state index in [9.17, 15) is 15.0 Å². The number of carboxylic acids is 1. The lowest BCUT2D eigenvalue weighted by atomic mass is 10.0. The Kier molecular flexibility index (Phi) is 4.57. The minimum Gasteiger partial charge on any atom is -0.508 e. The van der Waals surface area contributed by atoms with Gasteiger partial charge < -0.3 is 10.2 Å². The lowest BCUT2D eigenvalue weighted by molar-refractivity contribution is -0.148. The van der Waals surface area contributed by atoms with E-state index in [1.807, 2.05) is 30.1 Å². The van der Waals surface area contributed by atoms with E-state index in [0.717, 1.165) is 5.56 Å². The number of carboxylic acid groups (broad SMARTS) is 1. The maximum atomic E-state index is 11.6. The maximum absolute atomic E-state index is 11.6. The molecule has 5 atom stereocenters. The van der Waals surface area contributed by atoms with Crippen LogP contribution in [0.25, 0.3) is 0 Å². The molecule has 0 aliphatic carbocycles. The van der Waals surface area contributed by atoms with Crippen molar-refractivity contribution < 1.29 is 15.0 Å². The van der Waals surface area contributed by atoms with Crippen molar-refractivity contribution in [2.45, 2.75) is 41.4 Å². The van der Waals surface area contributed by atoms with Crippen LogP contribution in [0, 0.1) is 0 Å². The molecule has 2 heterocycles. The number of likely N-dealkylation sites (N-methyl/N-ethyl adjacent to an activating group) is 1. The van der Waals surface area contributed by atoms with Crippen LogP contribution < -0.4 is 5.32 Å². The number of thioether (sulfide) groups is 2. The van der Waals surface area contributed by atoms with Gasteiger partial charge in [-0.25, -0.2) is 0 Å². The molecule has 126 valence electrons. The van der Waals surface area contributed by atoms with Crippen LogP contribution in [0.15, 0.2) is 24.3 Å². The van der Waals surface area contributed by atoms with Crippen LogP contribution in [-0.2, 0) is 4.79 Å². The van der Waals surface area contributed by atoms with E-state index in [-0.39, 0.29) is 16.8 Å². The van der Waals surface area contributed by atoms with Gasteiger partial charge in [-0.15, -0.1) is 23.5 Å². The van der Waals surface area contributed by atoms with Crippen molar-refractivity contribution in [3.05, 3.63) is 29.8 Å². The quantitative estimate of drug-likeness (QED) is 0.769. The fourth-order valence-electron chi connectivity index (χ4n) is 3.13. The monoisotopic (exact) mass is 354 g/mol. The number of hydrogen-bond donors (Lipinski definition) is 3. The summed E-state index contributed by atoms with van der Waals surface area (Å²) in [4.78, 5) is 13.6. The van der Waals surface area contributed by atoms with Gasteiger partial charge in [0.25, 0.3) is 0 Å². The first-order valence-electron chi connectivity index (χ1n) is 7.62. The average Bonchev–Trinajstić information content (AvgIpc) is 3.02. The molecule has 0 aromatic heterocycles. The maximum Gasteiger partial charge on any atom is 0.324 e. The molecule has 2 aliphatic rings. The highest BCUT2D eigenvalue weighted by atomic mass is 32.2. The highest BCUT2D eigenvalue weighted by Crippen LogP contribution is 2.47. The van der Waals surface area contributed by atoms with Gasteiger partial charge in [-0.3, -0.25) is 15.0 Å². The molecule has 0 bridgehead atoms. The molecule has 0 radical (unpaired) electrons. The third kappa shape index (κ3) is 2.84. The number of para-hydroxylation sites is 1. The molecule has 7 heteroatoms. The molecular formula is C16H22N2O3S2. The van der Waals surface area contributed by atoms with Crippen molar-refractivity contribution >= 4 is 29.5 Å². The Hall–Kier alpha value is -0.890. The van der Waals surface area contributed by atoms with Crippen LogP contribution in [-0.4, -0.2) is 56.1 Å². The zero-order chi connectivity index (χ0) is 16.8. The number of aromatic hydroxyl groups is 1. The normalized spacial score (nSPS) is 38.0. The molecule has 1 aromatic rings. The number of phenolic OH excluding ortho intramolecular Hbond substituents is 1. The minimum absolute atomic E-state index is 0.0295. The number of hydrogen-bond acceptors (Lipinski definition) is 6. The molecule has 0 spiro atoms. The largest absolute Gasteiger partial charge is 0.508 e. The number of carbonyl (C=O) groups is 1. The van der Waals surface area contributed by atoms with Crippen molar-refractivity contribution in [3.8, 4) is 5.75 Å². The summed E-state index contributed by atoms with van der Waals surface area (Å²) in [5.74, 6) is 0.110. The summed E-state index contributed by atoms with van der Waals surface area (Å²) in [7, 11) is 1.89. The predicted molar refractivity (Wildman–Crippen MR) is 94.9 cm³/mol. The van der Waals surface area contributed by atoms with Crippen molar-refractivity contribution in [1.29, 1.82) is 0 Å². The molecule has 23 heavy (non-hydrogen) atoms. The van der Waals surface area contributed by atoms with Crippen LogP contribution in [0.1, 0.15) is 24.8 Å². The van der Waals surface area contributed by atoms with Crippen LogP contribution in [0.3, 0.4) is 0 Å². The van der Waals surface area contributed by atoms with Gasteiger partial charge in [-0.05, 0) is 20.0 Å². The second-order valence-electron chi connectivity index (χ2n) is 6.36. The number of phenols is 1. The van der Waals surface area contributed by atoms with E-state index in [4.69, 9.17) is 0 Å². The topological polar surface area (TPSA) is 72.8 Å². The van der Waals surface area contributed by atoms with Gasteiger partial charge in [-0.1, -0.05) is 25.1 Å². The van der Waals surface area contributed by atoms with E-state index in [1.54, 1.807) is 36.5 Å². The number of rotatable bonds is 3. The van der Waals surface area contributed by atoms with E-state index in [2.05, 4.69) is 12.2 Å². The molecule has 0 amide bonds. The number of benzene rings is 1. The van der Waals surface area contributed by atoms with Gasteiger partial charge in [0.1, 0.15) is 11.3 Å². The Labute approximate surface area is 144 Å². The van der Waals surface area contributed by atoms with Gasteiger partial charge in [-0.2, -0.15) is 0 Å². The third-order valence-corrected chi connectivity index (χ3v) is 7.95. The fourth-order valence-corrected chi connectivity index (χ4v) is 6.44. The molecule has 3 rings (SSSR count). The second-order valence-corrected chi connectivity index (χ2v) is 8.96.